The maximum Gasteiger partial charge on any atom is 0.387 e. The summed E-state index contributed by atoms with van der Waals surface area (Å²) < 4.78 is 34.3. The molecule has 0 aromatic heterocycles. The Balaban J connectivity index is 2.10. The van der Waals surface area contributed by atoms with E-state index in [1.54, 1.807) is 11.0 Å². The highest BCUT2D eigenvalue weighted by molar-refractivity contribution is 5.95. The van der Waals surface area contributed by atoms with Crippen LogP contribution in [-0.2, 0) is 0 Å². The molecule has 1 aliphatic rings. The fourth-order valence-electron chi connectivity index (χ4n) is 2.81. The molecule has 128 valence electrons. The van der Waals surface area contributed by atoms with Crippen molar-refractivity contribution < 1.29 is 23.0 Å². The van der Waals surface area contributed by atoms with Crippen LogP contribution in [0.3, 0.4) is 0 Å². The van der Waals surface area contributed by atoms with Gasteiger partial charge in [-0.1, -0.05) is 0 Å². The van der Waals surface area contributed by atoms with Gasteiger partial charge in [-0.2, -0.15) is 8.78 Å². The molecular weight excluding hydrogens is 306 g/mol. The number of halogens is 2. The van der Waals surface area contributed by atoms with E-state index in [1.165, 1.54) is 19.2 Å². The van der Waals surface area contributed by atoms with E-state index in [2.05, 4.69) is 4.74 Å². The molecule has 1 amide bonds. The van der Waals surface area contributed by atoms with Crippen molar-refractivity contribution in [1.29, 1.82) is 0 Å². The number of likely N-dealkylation sites (tertiary alicyclic amines) is 1. The Morgan fingerprint density at radius 1 is 1.30 bits per heavy atom. The minimum Gasteiger partial charge on any atom is -0.493 e. The van der Waals surface area contributed by atoms with Gasteiger partial charge in [-0.25, -0.2) is 0 Å². The molecule has 2 N–H and O–H groups in total. The monoisotopic (exact) mass is 328 g/mol. The molecule has 0 saturated carbocycles. The number of rotatable bonds is 5. The lowest BCUT2D eigenvalue weighted by molar-refractivity contribution is -0.0512. The van der Waals surface area contributed by atoms with Crippen LogP contribution in [0.4, 0.5) is 8.78 Å². The molecule has 1 saturated heterocycles. The van der Waals surface area contributed by atoms with Crippen LogP contribution in [-0.4, -0.2) is 43.7 Å². The Morgan fingerprint density at radius 2 is 1.96 bits per heavy atom. The normalized spacial score (nSPS) is 17.2. The Labute approximate surface area is 134 Å². The second-order valence-electron chi connectivity index (χ2n) is 5.73. The quantitative estimate of drug-likeness (QED) is 0.902. The van der Waals surface area contributed by atoms with Crippen molar-refractivity contribution in [2.24, 2.45) is 11.7 Å². The minimum absolute atomic E-state index is 0.110. The zero-order valence-electron chi connectivity index (χ0n) is 13.3. The summed E-state index contributed by atoms with van der Waals surface area (Å²) in [6.07, 6.45) is 1.69. The van der Waals surface area contributed by atoms with E-state index in [9.17, 15) is 13.6 Å². The zero-order chi connectivity index (χ0) is 17.0. The fourth-order valence-corrected chi connectivity index (χ4v) is 2.81. The van der Waals surface area contributed by atoms with E-state index in [4.69, 9.17) is 10.5 Å². The fraction of sp³-hybridized carbons (Fsp3) is 0.562. The molecule has 0 aliphatic carbocycles. The van der Waals surface area contributed by atoms with Crippen molar-refractivity contribution in [1.82, 2.24) is 4.90 Å². The predicted octanol–water partition coefficient (Wildman–Crippen LogP) is 2.50. The van der Waals surface area contributed by atoms with Crippen molar-refractivity contribution in [2.75, 3.05) is 20.2 Å². The van der Waals surface area contributed by atoms with E-state index in [0.29, 0.717) is 24.6 Å². The highest BCUT2D eigenvalue weighted by atomic mass is 19.3. The summed E-state index contributed by atoms with van der Waals surface area (Å²) >= 11 is 0. The number of methoxy groups -OCH3 is 1. The second kappa shape index (κ2) is 7.59. The molecule has 5 nitrogen and oxygen atoms in total. The van der Waals surface area contributed by atoms with E-state index in [1.807, 2.05) is 6.92 Å². The standard InChI is InChI=1S/C16H22F2N2O3/c1-10(19)11-5-7-20(8-6-11)15(21)12-3-4-13(22-2)14(9-12)23-16(17)18/h3-4,9-11,16H,5-8,19H2,1-2H3. The number of hydrogen-bond donors (Lipinski definition) is 1. The van der Waals surface area contributed by atoms with E-state index < -0.39 is 6.61 Å². The van der Waals surface area contributed by atoms with Gasteiger partial charge in [0.15, 0.2) is 11.5 Å². The van der Waals surface area contributed by atoms with Crippen molar-refractivity contribution in [3.8, 4) is 11.5 Å². The molecule has 0 spiro atoms. The number of carbonyl (C=O) groups excluding carboxylic acids is 1. The number of amides is 1. The van der Waals surface area contributed by atoms with Crippen molar-refractivity contribution in [3.05, 3.63) is 23.8 Å². The SMILES string of the molecule is COc1ccc(C(=O)N2CCC(C(C)N)CC2)cc1OC(F)F. The number of benzene rings is 1. The summed E-state index contributed by atoms with van der Waals surface area (Å²) in [5.74, 6) is 0.235. The van der Waals surface area contributed by atoms with Gasteiger partial charge in [0.05, 0.1) is 7.11 Å². The Bertz CT molecular complexity index is 544. The number of nitrogens with two attached hydrogens (primary N) is 1. The molecule has 1 atom stereocenters. The van der Waals surface area contributed by atoms with Gasteiger partial charge >= 0.3 is 6.61 Å². The summed E-state index contributed by atoms with van der Waals surface area (Å²) in [5.41, 5.74) is 6.20. The third-order valence-electron chi connectivity index (χ3n) is 4.20. The summed E-state index contributed by atoms with van der Waals surface area (Å²) in [4.78, 5) is 14.2. The average Bonchev–Trinajstić information content (AvgIpc) is 2.53. The van der Waals surface area contributed by atoms with Crippen molar-refractivity contribution in [2.45, 2.75) is 32.4 Å². The number of hydrogen-bond acceptors (Lipinski definition) is 4. The molecule has 1 heterocycles. The number of piperidine rings is 1. The molecule has 1 fully saturated rings. The van der Waals surface area contributed by atoms with Crippen LogP contribution in [0.1, 0.15) is 30.1 Å². The smallest absolute Gasteiger partial charge is 0.387 e. The molecule has 1 aromatic rings. The third-order valence-corrected chi connectivity index (χ3v) is 4.20. The summed E-state index contributed by atoms with van der Waals surface area (Å²) in [5, 5.41) is 0. The van der Waals surface area contributed by atoms with E-state index in [-0.39, 0.29) is 23.4 Å². The van der Waals surface area contributed by atoms with Gasteiger partial charge in [-0.15, -0.1) is 0 Å². The highest BCUT2D eigenvalue weighted by Crippen LogP contribution is 2.30. The first-order valence-corrected chi connectivity index (χ1v) is 7.60. The van der Waals surface area contributed by atoms with Crippen LogP contribution in [0.25, 0.3) is 0 Å². The summed E-state index contributed by atoms with van der Waals surface area (Å²) in [7, 11) is 1.36. The van der Waals surface area contributed by atoms with E-state index >= 15 is 0 Å². The van der Waals surface area contributed by atoms with Crippen LogP contribution in [0.15, 0.2) is 18.2 Å². The molecule has 0 radical (unpaired) electrons. The minimum atomic E-state index is -2.98. The first-order valence-electron chi connectivity index (χ1n) is 7.60. The molecule has 7 heteroatoms. The average molecular weight is 328 g/mol. The van der Waals surface area contributed by atoms with Gasteiger partial charge in [-0.3, -0.25) is 4.79 Å². The molecule has 2 rings (SSSR count). The van der Waals surface area contributed by atoms with Gasteiger partial charge in [-0.05, 0) is 43.9 Å². The zero-order valence-corrected chi connectivity index (χ0v) is 13.3. The lowest BCUT2D eigenvalue weighted by Crippen LogP contribution is -2.42. The predicted molar refractivity (Wildman–Crippen MR) is 81.9 cm³/mol. The van der Waals surface area contributed by atoms with Crippen LogP contribution < -0.4 is 15.2 Å². The largest absolute Gasteiger partial charge is 0.493 e. The number of ether oxygens (including phenoxy) is 2. The first-order chi connectivity index (χ1) is 10.9. The lowest BCUT2D eigenvalue weighted by Gasteiger charge is -2.33. The first kappa shape index (κ1) is 17.5. The highest BCUT2D eigenvalue weighted by Gasteiger charge is 2.26. The van der Waals surface area contributed by atoms with Crippen LogP contribution in [0.5, 0.6) is 11.5 Å². The second-order valence-corrected chi connectivity index (χ2v) is 5.73. The maximum absolute atomic E-state index is 12.5. The number of carbonyl (C=O) groups is 1. The summed E-state index contributed by atoms with van der Waals surface area (Å²) in [6, 6.07) is 4.42. The van der Waals surface area contributed by atoms with Gasteiger partial charge in [0.1, 0.15) is 0 Å². The number of nitrogens with zero attached hydrogens (tertiary/aromatic N) is 1. The van der Waals surface area contributed by atoms with Gasteiger partial charge in [0.25, 0.3) is 5.91 Å². The Kier molecular flexibility index (Phi) is 5.76. The Morgan fingerprint density at radius 3 is 2.48 bits per heavy atom. The Hall–Kier alpha value is -1.89. The van der Waals surface area contributed by atoms with Gasteiger partial charge < -0.3 is 20.1 Å². The molecule has 1 unspecified atom stereocenters. The summed E-state index contributed by atoms with van der Waals surface area (Å²) in [6.45, 7) is 0.222. The molecule has 0 bridgehead atoms. The molecule has 1 aromatic carbocycles. The van der Waals surface area contributed by atoms with Crippen molar-refractivity contribution in [3.63, 3.8) is 0 Å². The third kappa shape index (κ3) is 4.31. The van der Waals surface area contributed by atoms with Crippen LogP contribution in [0.2, 0.25) is 0 Å². The molecule has 23 heavy (non-hydrogen) atoms. The van der Waals surface area contributed by atoms with Crippen LogP contribution in [0, 0.1) is 5.92 Å². The van der Waals surface area contributed by atoms with Gasteiger partial charge in [0.2, 0.25) is 0 Å². The van der Waals surface area contributed by atoms with Crippen molar-refractivity contribution >= 4 is 5.91 Å². The topological polar surface area (TPSA) is 64.8 Å². The number of alkyl halides is 2. The lowest BCUT2D eigenvalue weighted by atomic mass is 9.90. The maximum atomic E-state index is 12.5. The molecular formula is C16H22F2N2O3. The van der Waals surface area contributed by atoms with Crippen LogP contribution >= 0.6 is 0 Å². The van der Waals surface area contributed by atoms with Gasteiger partial charge in [0, 0.05) is 24.7 Å². The molecule has 1 aliphatic heterocycles. The van der Waals surface area contributed by atoms with E-state index in [0.717, 1.165) is 12.8 Å².